The lowest BCUT2D eigenvalue weighted by Gasteiger charge is -2.38. The first-order chi connectivity index (χ1) is 11.9. The molecule has 3 rings (SSSR count). The summed E-state index contributed by atoms with van der Waals surface area (Å²) in [4.78, 5) is 14.6. The lowest BCUT2D eigenvalue weighted by molar-refractivity contribution is 0.00578. The van der Waals surface area contributed by atoms with E-state index in [4.69, 9.17) is 14.0 Å². The second kappa shape index (κ2) is 6.59. The summed E-state index contributed by atoms with van der Waals surface area (Å²) in [5.74, 6) is 2.47. The second-order valence-corrected chi connectivity index (χ2v) is 11.3. The van der Waals surface area contributed by atoms with Gasteiger partial charge in [0.05, 0.1) is 11.2 Å². The van der Waals surface area contributed by atoms with Crippen LogP contribution < -0.4 is 0 Å². The summed E-state index contributed by atoms with van der Waals surface area (Å²) in [6.07, 6.45) is 1.99. The molecule has 1 atom stereocenters. The molecule has 0 radical (unpaired) electrons. The van der Waals surface area contributed by atoms with Crippen LogP contribution in [0.4, 0.5) is 4.79 Å². The zero-order chi connectivity index (χ0) is 19.4. The molecular formula is C19H34BNO4S. The summed E-state index contributed by atoms with van der Waals surface area (Å²) in [5.41, 5.74) is -1.10. The molecular weight excluding hydrogens is 349 g/mol. The van der Waals surface area contributed by atoms with Gasteiger partial charge in [-0.15, -0.1) is 0 Å². The molecule has 7 heteroatoms. The minimum atomic E-state index is -0.477. The number of carbonyl (C=O) groups excluding carboxylic acids is 1. The number of ether oxygens (including phenoxy) is 1. The van der Waals surface area contributed by atoms with Crippen molar-refractivity contribution in [3.63, 3.8) is 0 Å². The molecule has 5 nitrogen and oxygen atoms in total. The van der Waals surface area contributed by atoms with Crippen molar-refractivity contribution in [2.45, 2.75) is 83.9 Å². The molecule has 3 aliphatic rings. The first-order valence-electron chi connectivity index (χ1n) is 9.77. The van der Waals surface area contributed by atoms with Crippen LogP contribution in [-0.4, -0.2) is 59.5 Å². The predicted molar refractivity (Wildman–Crippen MR) is 107 cm³/mol. The van der Waals surface area contributed by atoms with Gasteiger partial charge in [0.15, 0.2) is 0 Å². The van der Waals surface area contributed by atoms with Gasteiger partial charge in [-0.25, -0.2) is 4.79 Å². The van der Waals surface area contributed by atoms with Gasteiger partial charge in [-0.05, 0) is 78.2 Å². The minimum Gasteiger partial charge on any atom is -0.444 e. The van der Waals surface area contributed by atoms with Gasteiger partial charge < -0.3 is 18.9 Å². The Morgan fingerprint density at radius 1 is 1.12 bits per heavy atom. The van der Waals surface area contributed by atoms with Crippen molar-refractivity contribution >= 4 is 25.0 Å². The second-order valence-electron chi connectivity index (χ2n) is 10.1. The molecule has 1 unspecified atom stereocenters. The molecule has 0 aromatic carbocycles. The Hall–Kier alpha value is -0.395. The van der Waals surface area contributed by atoms with Crippen molar-refractivity contribution in [1.82, 2.24) is 4.90 Å². The van der Waals surface area contributed by atoms with Crippen LogP contribution in [0.3, 0.4) is 0 Å². The number of thioether (sulfide) groups is 1. The van der Waals surface area contributed by atoms with E-state index in [0.29, 0.717) is 6.54 Å². The Balaban J connectivity index is 1.82. The summed E-state index contributed by atoms with van der Waals surface area (Å²) >= 11 is 2.00. The van der Waals surface area contributed by atoms with Crippen molar-refractivity contribution in [2.75, 3.05) is 24.6 Å². The summed E-state index contributed by atoms with van der Waals surface area (Å²) in [7, 11) is -0.268. The van der Waals surface area contributed by atoms with E-state index in [-0.39, 0.29) is 35.6 Å². The van der Waals surface area contributed by atoms with Crippen LogP contribution in [0.1, 0.15) is 61.3 Å². The monoisotopic (exact) mass is 383 g/mol. The highest BCUT2D eigenvalue weighted by molar-refractivity contribution is 7.99. The van der Waals surface area contributed by atoms with E-state index >= 15 is 0 Å². The van der Waals surface area contributed by atoms with Crippen LogP contribution in [0.15, 0.2) is 0 Å². The quantitative estimate of drug-likeness (QED) is 0.635. The fourth-order valence-corrected chi connectivity index (χ4v) is 5.50. The molecule has 26 heavy (non-hydrogen) atoms. The van der Waals surface area contributed by atoms with Crippen LogP contribution >= 0.6 is 11.8 Å². The van der Waals surface area contributed by atoms with Crippen molar-refractivity contribution in [2.24, 2.45) is 5.41 Å². The number of hydrogen-bond acceptors (Lipinski definition) is 5. The van der Waals surface area contributed by atoms with Crippen molar-refractivity contribution in [3.8, 4) is 0 Å². The Morgan fingerprint density at radius 3 is 2.15 bits per heavy atom. The number of amides is 1. The fraction of sp³-hybridized carbons (Fsp3) is 0.947. The minimum absolute atomic E-state index is 0.0727. The molecule has 0 aromatic rings. The molecule has 0 aromatic heterocycles. The number of likely N-dealkylation sites (tertiary alicyclic amines) is 1. The van der Waals surface area contributed by atoms with E-state index in [1.165, 1.54) is 0 Å². The molecule has 3 aliphatic heterocycles. The van der Waals surface area contributed by atoms with Crippen LogP contribution in [0, 0.1) is 5.41 Å². The van der Waals surface area contributed by atoms with Gasteiger partial charge in [-0.3, -0.25) is 0 Å². The molecule has 0 N–H and O–H groups in total. The highest BCUT2D eigenvalue weighted by Gasteiger charge is 2.61. The third kappa shape index (κ3) is 3.76. The standard InChI is InChI=1S/C19H34BNO4S/c1-16(2,3)23-15(22)21-12-14(19(13-21)8-10-26-11-9-19)20-24-17(4,5)18(6,7)25-20/h14H,8-13H2,1-7H3. The number of hydrogen-bond donors (Lipinski definition) is 0. The maximum atomic E-state index is 12.7. The predicted octanol–water partition coefficient (Wildman–Crippen LogP) is 4.21. The first-order valence-corrected chi connectivity index (χ1v) is 10.9. The van der Waals surface area contributed by atoms with E-state index in [1.807, 2.05) is 37.4 Å². The zero-order valence-corrected chi connectivity index (χ0v) is 18.2. The summed E-state index contributed by atoms with van der Waals surface area (Å²) in [6.45, 7) is 15.5. The van der Waals surface area contributed by atoms with E-state index in [1.54, 1.807) is 0 Å². The van der Waals surface area contributed by atoms with Crippen LogP contribution in [0.2, 0.25) is 5.82 Å². The van der Waals surface area contributed by atoms with Crippen LogP contribution in [0.25, 0.3) is 0 Å². The molecule has 3 saturated heterocycles. The average molecular weight is 383 g/mol. The molecule has 1 amide bonds. The molecule has 148 valence electrons. The Morgan fingerprint density at radius 2 is 1.65 bits per heavy atom. The molecule has 1 spiro atoms. The molecule has 3 heterocycles. The molecule has 3 fully saturated rings. The highest BCUT2D eigenvalue weighted by Crippen LogP contribution is 2.54. The average Bonchev–Trinajstić information content (AvgIpc) is 2.93. The number of carbonyl (C=O) groups is 1. The largest absolute Gasteiger partial charge is 0.463 e. The summed E-state index contributed by atoms with van der Waals surface area (Å²) in [5, 5.41) is 0. The Labute approximate surface area is 163 Å². The SMILES string of the molecule is CC(C)(C)OC(=O)N1CC(B2OC(C)(C)C(C)(C)O2)C2(CCSCC2)C1. The molecule has 0 bridgehead atoms. The van der Waals surface area contributed by atoms with Gasteiger partial charge in [0.2, 0.25) is 0 Å². The van der Waals surface area contributed by atoms with Crippen LogP contribution in [0.5, 0.6) is 0 Å². The fourth-order valence-electron chi connectivity index (χ4n) is 4.19. The van der Waals surface area contributed by atoms with Gasteiger partial charge in [0, 0.05) is 18.9 Å². The van der Waals surface area contributed by atoms with Gasteiger partial charge in [-0.2, -0.15) is 11.8 Å². The molecule has 0 aliphatic carbocycles. The summed E-state index contributed by atoms with van der Waals surface area (Å²) in [6, 6.07) is 0. The zero-order valence-electron chi connectivity index (χ0n) is 17.4. The number of rotatable bonds is 1. The van der Waals surface area contributed by atoms with Gasteiger partial charge >= 0.3 is 13.2 Å². The van der Waals surface area contributed by atoms with Crippen LogP contribution in [-0.2, 0) is 14.0 Å². The van der Waals surface area contributed by atoms with E-state index in [0.717, 1.165) is 30.9 Å². The number of nitrogens with zero attached hydrogens (tertiary/aromatic N) is 1. The van der Waals surface area contributed by atoms with Gasteiger partial charge in [0.1, 0.15) is 5.60 Å². The van der Waals surface area contributed by atoms with Crippen molar-refractivity contribution < 1.29 is 18.8 Å². The first kappa shape index (κ1) is 20.3. The van der Waals surface area contributed by atoms with Crippen molar-refractivity contribution in [1.29, 1.82) is 0 Å². The summed E-state index contributed by atoms with van der Waals surface area (Å²) < 4.78 is 18.4. The smallest absolute Gasteiger partial charge is 0.444 e. The maximum absolute atomic E-state index is 12.7. The Kier molecular flexibility index (Phi) is 5.16. The Bertz CT molecular complexity index is 538. The lowest BCUT2D eigenvalue weighted by atomic mass is 9.56. The lowest BCUT2D eigenvalue weighted by Crippen LogP contribution is -2.41. The van der Waals surface area contributed by atoms with E-state index < -0.39 is 5.60 Å². The third-order valence-electron chi connectivity index (χ3n) is 6.45. The third-order valence-corrected chi connectivity index (χ3v) is 7.44. The molecule has 0 saturated carbocycles. The highest BCUT2D eigenvalue weighted by atomic mass is 32.2. The van der Waals surface area contributed by atoms with Gasteiger partial charge in [0.25, 0.3) is 0 Å². The topological polar surface area (TPSA) is 48.0 Å². The van der Waals surface area contributed by atoms with E-state index in [9.17, 15) is 4.79 Å². The van der Waals surface area contributed by atoms with Crippen molar-refractivity contribution in [3.05, 3.63) is 0 Å². The maximum Gasteiger partial charge on any atom is 0.463 e. The normalized spacial score (nSPS) is 30.0. The van der Waals surface area contributed by atoms with Gasteiger partial charge in [-0.1, -0.05) is 0 Å². The van der Waals surface area contributed by atoms with E-state index in [2.05, 4.69) is 27.7 Å².